The molecule has 0 bridgehead atoms. The number of benzene rings is 2. The molecule has 116 valence electrons. The molecule has 1 fully saturated rings. The van der Waals surface area contributed by atoms with E-state index in [0.717, 1.165) is 28.7 Å². The predicted molar refractivity (Wildman–Crippen MR) is 87.5 cm³/mol. The highest BCUT2D eigenvalue weighted by Crippen LogP contribution is 2.54. The molecule has 1 aromatic heterocycles. The van der Waals surface area contributed by atoms with Gasteiger partial charge in [-0.15, -0.1) is 0 Å². The summed E-state index contributed by atoms with van der Waals surface area (Å²) in [7, 11) is -3.64. The van der Waals surface area contributed by atoms with Crippen LogP contribution in [0.15, 0.2) is 59.6 Å². The number of nitrogens with zero attached hydrogens (tertiary/aromatic N) is 2. The Bertz CT molecular complexity index is 984. The monoisotopic (exact) mass is 325 g/mol. The van der Waals surface area contributed by atoms with Crippen LogP contribution in [0.2, 0.25) is 0 Å². The standard InChI is InChI=1S/C17H15N3O2S/c18-23(21,22)12-7-5-11(6-8-12)13-9-14(13)17-10-19-15-3-1-2-4-16(15)20-17/h1-8,10,13-14H,9H2,(H2,18,21,22). The summed E-state index contributed by atoms with van der Waals surface area (Å²) in [5.74, 6) is 0.701. The molecule has 1 aliphatic carbocycles. The Morgan fingerprint density at radius 3 is 2.35 bits per heavy atom. The molecule has 0 saturated heterocycles. The molecule has 0 aliphatic heterocycles. The van der Waals surface area contributed by atoms with E-state index in [1.54, 1.807) is 12.1 Å². The zero-order chi connectivity index (χ0) is 16.0. The van der Waals surface area contributed by atoms with Gasteiger partial charge in [-0.25, -0.2) is 18.5 Å². The molecule has 0 spiro atoms. The zero-order valence-electron chi connectivity index (χ0n) is 12.3. The number of hydrogen-bond acceptors (Lipinski definition) is 4. The Balaban J connectivity index is 1.59. The molecule has 2 atom stereocenters. The predicted octanol–water partition coefficient (Wildman–Crippen LogP) is 2.55. The molecular weight excluding hydrogens is 310 g/mol. The van der Waals surface area contributed by atoms with Crippen molar-refractivity contribution in [2.45, 2.75) is 23.2 Å². The fourth-order valence-corrected chi connectivity index (χ4v) is 3.46. The number of nitrogens with two attached hydrogens (primary N) is 1. The lowest BCUT2D eigenvalue weighted by atomic mass is 10.1. The zero-order valence-corrected chi connectivity index (χ0v) is 13.1. The average Bonchev–Trinajstić information content (AvgIpc) is 3.34. The summed E-state index contributed by atoms with van der Waals surface area (Å²) in [4.78, 5) is 9.29. The molecular formula is C17H15N3O2S. The van der Waals surface area contributed by atoms with Crippen LogP contribution in [0.4, 0.5) is 0 Å². The highest BCUT2D eigenvalue weighted by molar-refractivity contribution is 7.89. The number of para-hydroxylation sites is 2. The highest BCUT2D eigenvalue weighted by atomic mass is 32.2. The molecule has 6 heteroatoms. The van der Waals surface area contributed by atoms with Gasteiger partial charge in [-0.1, -0.05) is 24.3 Å². The Labute approximate surface area is 134 Å². The molecule has 4 rings (SSSR count). The second-order valence-electron chi connectivity index (χ2n) is 5.85. The number of fused-ring (bicyclic) bond motifs is 1. The maximum Gasteiger partial charge on any atom is 0.238 e. The van der Waals surface area contributed by atoms with Gasteiger partial charge in [0.1, 0.15) is 0 Å². The van der Waals surface area contributed by atoms with Crippen molar-refractivity contribution in [1.82, 2.24) is 9.97 Å². The summed E-state index contributed by atoms with van der Waals surface area (Å²) >= 11 is 0. The topological polar surface area (TPSA) is 85.9 Å². The normalized spacial score (nSPS) is 20.6. The van der Waals surface area contributed by atoms with E-state index in [9.17, 15) is 8.42 Å². The number of rotatable bonds is 3. The third-order valence-corrected chi connectivity index (χ3v) is 5.20. The van der Waals surface area contributed by atoms with E-state index < -0.39 is 10.0 Å². The molecule has 2 unspecified atom stereocenters. The average molecular weight is 325 g/mol. The second kappa shape index (κ2) is 5.11. The quantitative estimate of drug-likeness (QED) is 0.802. The molecule has 2 N–H and O–H groups in total. The molecule has 5 nitrogen and oxygen atoms in total. The minimum atomic E-state index is -3.64. The van der Waals surface area contributed by atoms with Crippen molar-refractivity contribution in [2.75, 3.05) is 0 Å². The third kappa shape index (κ3) is 2.71. The Morgan fingerprint density at radius 2 is 1.65 bits per heavy atom. The number of primary sulfonamides is 1. The van der Waals surface area contributed by atoms with Gasteiger partial charge in [-0.3, -0.25) is 4.98 Å². The number of hydrogen-bond donors (Lipinski definition) is 1. The van der Waals surface area contributed by atoms with E-state index in [1.165, 1.54) is 0 Å². The van der Waals surface area contributed by atoms with Gasteiger partial charge in [0.25, 0.3) is 0 Å². The summed E-state index contributed by atoms with van der Waals surface area (Å²) in [5.41, 5.74) is 3.90. The molecule has 3 aromatic rings. The first-order chi connectivity index (χ1) is 11.0. The number of aromatic nitrogens is 2. The minimum absolute atomic E-state index is 0.143. The third-order valence-electron chi connectivity index (χ3n) is 4.27. The van der Waals surface area contributed by atoms with E-state index in [4.69, 9.17) is 10.1 Å². The Hall–Kier alpha value is -2.31. The summed E-state index contributed by atoms with van der Waals surface area (Å²) in [5, 5.41) is 5.12. The maximum absolute atomic E-state index is 11.3. The van der Waals surface area contributed by atoms with Crippen molar-refractivity contribution in [3.63, 3.8) is 0 Å². The van der Waals surface area contributed by atoms with Gasteiger partial charge >= 0.3 is 0 Å². The van der Waals surface area contributed by atoms with Crippen LogP contribution in [0.1, 0.15) is 29.5 Å². The fourth-order valence-electron chi connectivity index (χ4n) is 2.95. The summed E-state index contributed by atoms with van der Waals surface area (Å²) in [6, 6.07) is 14.6. The van der Waals surface area contributed by atoms with Crippen molar-refractivity contribution in [3.8, 4) is 0 Å². The van der Waals surface area contributed by atoms with Crippen molar-refractivity contribution in [2.24, 2.45) is 5.14 Å². The molecule has 1 heterocycles. The van der Waals surface area contributed by atoms with Gasteiger partial charge in [-0.05, 0) is 42.2 Å². The van der Waals surface area contributed by atoms with Crippen LogP contribution in [0.25, 0.3) is 11.0 Å². The van der Waals surface area contributed by atoms with E-state index in [-0.39, 0.29) is 4.90 Å². The van der Waals surface area contributed by atoms with E-state index in [0.29, 0.717) is 11.8 Å². The Kier molecular flexibility index (Phi) is 3.18. The van der Waals surface area contributed by atoms with E-state index in [2.05, 4.69) is 4.98 Å². The lowest BCUT2D eigenvalue weighted by Gasteiger charge is -2.04. The van der Waals surface area contributed by atoms with Crippen molar-refractivity contribution >= 4 is 21.1 Å². The summed E-state index contributed by atoms with van der Waals surface area (Å²) < 4.78 is 22.6. The summed E-state index contributed by atoms with van der Waals surface area (Å²) in [6.07, 6.45) is 2.84. The van der Waals surface area contributed by atoms with Crippen LogP contribution in [-0.4, -0.2) is 18.4 Å². The molecule has 1 aliphatic rings. The first kappa shape index (κ1) is 14.3. The van der Waals surface area contributed by atoms with Gasteiger partial charge in [0.2, 0.25) is 10.0 Å². The largest absolute Gasteiger partial charge is 0.253 e. The lowest BCUT2D eigenvalue weighted by molar-refractivity contribution is 0.598. The van der Waals surface area contributed by atoms with Gasteiger partial charge in [0, 0.05) is 12.1 Å². The maximum atomic E-state index is 11.3. The van der Waals surface area contributed by atoms with Gasteiger partial charge in [0.15, 0.2) is 0 Å². The smallest absolute Gasteiger partial charge is 0.238 e. The minimum Gasteiger partial charge on any atom is -0.253 e. The van der Waals surface area contributed by atoms with E-state index >= 15 is 0 Å². The molecule has 0 amide bonds. The van der Waals surface area contributed by atoms with Crippen molar-refractivity contribution in [1.29, 1.82) is 0 Å². The van der Waals surface area contributed by atoms with Crippen molar-refractivity contribution < 1.29 is 8.42 Å². The van der Waals surface area contributed by atoms with Crippen LogP contribution in [-0.2, 0) is 10.0 Å². The fraction of sp³-hybridized carbons (Fsp3) is 0.176. The van der Waals surface area contributed by atoms with Crippen LogP contribution in [0.5, 0.6) is 0 Å². The van der Waals surface area contributed by atoms with Gasteiger partial charge in [0.05, 0.1) is 21.6 Å². The Morgan fingerprint density at radius 1 is 0.957 bits per heavy atom. The molecule has 1 saturated carbocycles. The van der Waals surface area contributed by atoms with Gasteiger partial charge in [-0.2, -0.15) is 0 Å². The molecule has 2 aromatic carbocycles. The summed E-state index contributed by atoms with van der Waals surface area (Å²) in [6.45, 7) is 0. The first-order valence-corrected chi connectivity index (χ1v) is 8.91. The van der Waals surface area contributed by atoms with Crippen LogP contribution in [0.3, 0.4) is 0 Å². The van der Waals surface area contributed by atoms with Crippen molar-refractivity contribution in [3.05, 3.63) is 66.0 Å². The van der Waals surface area contributed by atoms with Crippen LogP contribution in [0, 0.1) is 0 Å². The highest BCUT2D eigenvalue weighted by Gasteiger charge is 2.40. The first-order valence-electron chi connectivity index (χ1n) is 7.37. The number of sulfonamides is 1. The molecule has 23 heavy (non-hydrogen) atoms. The SMILES string of the molecule is NS(=O)(=O)c1ccc(C2CC2c2cnc3ccccc3n2)cc1. The van der Waals surface area contributed by atoms with Crippen LogP contribution >= 0.6 is 0 Å². The van der Waals surface area contributed by atoms with Gasteiger partial charge < -0.3 is 0 Å². The lowest BCUT2D eigenvalue weighted by Crippen LogP contribution is -2.11. The van der Waals surface area contributed by atoms with Crippen LogP contribution < -0.4 is 5.14 Å². The molecule has 0 radical (unpaired) electrons. The second-order valence-corrected chi connectivity index (χ2v) is 7.41. The van der Waals surface area contributed by atoms with E-state index in [1.807, 2.05) is 42.6 Å².